The summed E-state index contributed by atoms with van der Waals surface area (Å²) in [7, 11) is 1.69. The Kier molecular flexibility index (Phi) is 3.82. The molecule has 0 aliphatic carbocycles. The Labute approximate surface area is 108 Å². The largest absolute Gasteiger partial charge is 0.496 e. The Bertz CT molecular complexity index is 538. The zero-order chi connectivity index (χ0) is 13.0. The number of benzene rings is 1. The van der Waals surface area contributed by atoms with Crippen molar-refractivity contribution in [1.82, 2.24) is 4.98 Å². The molecule has 0 saturated heterocycles. The second kappa shape index (κ2) is 5.54. The topological polar surface area (TPSA) is 34.1 Å². The van der Waals surface area contributed by atoms with E-state index in [9.17, 15) is 0 Å². The van der Waals surface area contributed by atoms with Gasteiger partial charge in [-0.1, -0.05) is 12.1 Å². The van der Waals surface area contributed by atoms with Gasteiger partial charge in [-0.15, -0.1) is 0 Å². The summed E-state index contributed by atoms with van der Waals surface area (Å²) in [6.45, 7) is 4.84. The fraction of sp³-hybridized carbons (Fsp3) is 0.267. The van der Waals surface area contributed by atoms with Crippen LogP contribution in [0.4, 0.5) is 5.69 Å². The van der Waals surface area contributed by atoms with Crippen molar-refractivity contribution in [3.05, 3.63) is 53.3 Å². The molecule has 0 spiro atoms. The molecule has 0 aliphatic rings. The summed E-state index contributed by atoms with van der Waals surface area (Å²) in [5.41, 5.74) is 4.48. The first-order valence-corrected chi connectivity index (χ1v) is 5.99. The van der Waals surface area contributed by atoms with Crippen molar-refractivity contribution in [1.29, 1.82) is 0 Å². The summed E-state index contributed by atoms with van der Waals surface area (Å²) in [4.78, 5) is 4.25. The molecule has 0 atom stereocenters. The molecule has 3 nitrogen and oxygen atoms in total. The van der Waals surface area contributed by atoms with Crippen LogP contribution in [-0.4, -0.2) is 12.1 Å². The number of hydrogen-bond acceptors (Lipinski definition) is 3. The number of nitrogens with zero attached hydrogens (tertiary/aromatic N) is 1. The van der Waals surface area contributed by atoms with Crippen LogP contribution in [0, 0.1) is 13.8 Å². The summed E-state index contributed by atoms with van der Waals surface area (Å²) >= 11 is 0. The Morgan fingerprint density at radius 3 is 2.72 bits per heavy atom. The highest BCUT2D eigenvalue weighted by molar-refractivity contribution is 5.47. The first-order valence-electron chi connectivity index (χ1n) is 5.99. The van der Waals surface area contributed by atoms with Gasteiger partial charge in [-0.3, -0.25) is 4.98 Å². The van der Waals surface area contributed by atoms with Crippen LogP contribution in [-0.2, 0) is 6.54 Å². The van der Waals surface area contributed by atoms with Crippen molar-refractivity contribution >= 4 is 5.69 Å². The van der Waals surface area contributed by atoms with Gasteiger partial charge < -0.3 is 10.1 Å². The monoisotopic (exact) mass is 242 g/mol. The zero-order valence-corrected chi connectivity index (χ0v) is 11.0. The third-order valence-electron chi connectivity index (χ3n) is 2.95. The lowest BCUT2D eigenvalue weighted by Gasteiger charge is -2.10. The van der Waals surface area contributed by atoms with E-state index in [0.29, 0.717) is 0 Å². The van der Waals surface area contributed by atoms with Crippen molar-refractivity contribution in [3.63, 3.8) is 0 Å². The predicted octanol–water partition coefficient (Wildman–Crippen LogP) is 3.32. The molecule has 0 radical (unpaired) electrons. The zero-order valence-electron chi connectivity index (χ0n) is 11.0. The van der Waals surface area contributed by atoms with Crippen LogP contribution in [0.5, 0.6) is 5.75 Å². The van der Waals surface area contributed by atoms with Crippen molar-refractivity contribution in [2.24, 2.45) is 0 Å². The molecule has 0 fully saturated rings. The van der Waals surface area contributed by atoms with Gasteiger partial charge in [-0.2, -0.15) is 0 Å². The summed E-state index contributed by atoms with van der Waals surface area (Å²) in [6, 6.07) is 10.2. The van der Waals surface area contributed by atoms with Crippen LogP contribution in [0.3, 0.4) is 0 Å². The van der Waals surface area contributed by atoms with E-state index in [0.717, 1.165) is 29.2 Å². The standard InChI is InChI=1S/C15H18N2O/c1-11-9-13(6-7-15(11)18-3)10-17-14-5-4-8-16-12(14)2/h4-9,17H,10H2,1-3H3. The van der Waals surface area contributed by atoms with E-state index in [4.69, 9.17) is 4.74 Å². The van der Waals surface area contributed by atoms with E-state index in [1.807, 2.05) is 25.1 Å². The molecule has 2 rings (SSSR count). The Hall–Kier alpha value is -2.03. The molecule has 18 heavy (non-hydrogen) atoms. The maximum absolute atomic E-state index is 5.25. The minimum atomic E-state index is 0.789. The van der Waals surface area contributed by atoms with E-state index in [-0.39, 0.29) is 0 Å². The van der Waals surface area contributed by atoms with Gasteiger partial charge in [-0.05, 0) is 43.2 Å². The molecule has 0 bridgehead atoms. The van der Waals surface area contributed by atoms with E-state index >= 15 is 0 Å². The van der Waals surface area contributed by atoms with Gasteiger partial charge in [0, 0.05) is 12.7 Å². The van der Waals surface area contributed by atoms with Crippen molar-refractivity contribution < 1.29 is 4.74 Å². The number of aryl methyl sites for hydroxylation is 2. The molecular formula is C15H18N2O. The number of ether oxygens (including phenoxy) is 1. The van der Waals surface area contributed by atoms with Gasteiger partial charge in [0.2, 0.25) is 0 Å². The number of methoxy groups -OCH3 is 1. The van der Waals surface area contributed by atoms with E-state index in [1.54, 1.807) is 13.3 Å². The smallest absolute Gasteiger partial charge is 0.121 e. The summed E-state index contributed by atoms with van der Waals surface area (Å²) in [6.07, 6.45) is 1.80. The minimum absolute atomic E-state index is 0.789. The van der Waals surface area contributed by atoms with Crippen LogP contribution in [0.1, 0.15) is 16.8 Å². The van der Waals surface area contributed by atoms with Gasteiger partial charge in [0.15, 0.2) is 0 Å². The van der Waals surface area contributed by atoms with Crippen molar-refractivity contribution in [3.8, 4) is 5.75 Å². The summed E-state index contributed by atoms with van der Waals surface area (Å²) in [5.74, 6) is 0.927. The van der Waals surface area contributed by atoms with Gasteiger partial charge >= 0.3 is 0 Å². The number of anilines is 1. The SMILES string of the molecule is COc1ccc(CNc2cccnc2C)cc1C. The molecule has 94 valence electrons. The maximum Gasteiger partial charge on any atom is 0.121 e. The van der Waals surface area contributed by atoms with Crippen molar-refractivity contribution in [2.75, 3.05) is 12.4 Å². The molecule has 0 saturated carbocycles. The number of nitrogens with one attached hydrogen (secondary N) is 1. The number of rotatable bonds is 4. The highest BCUT2D eigenvalue weighted by Gasteiger charge is 2.01. The first-order chi connectivity index (χ1) is 8.70. The highest BCUT2D eigenvalue weighted by atomic mass is 16.5. The molecular weight excluding hydrogens is 224 g/mol. The van der Waals surface area contributed by atoms with Crippen LogP contribution in [0.25, 0.3) is 0 Å². The lowest BCUT2D eigenvalue weighted by molar-refractivity contribution is 0.411. The Morgan fingerprint density at radius 2 is 2.06 bits per heavy atom. The molecule has 0 amide bonds. The molecule has 1 aromatic heterocycles. The number of pyridine rings is 1. The Balaban J connectivity index is 2.07. The molecule has 0 unspecified atom stereocenters. The number of aromatic nitrogens is 1. The van der Waals surface area contributed by atoms with Crippen LogP contribution >= 0.6 is 0 Å². The van der Waals surface area contributed by atoms with E-state index in [1.165, 1.54) is 5.56 Å². The molecule has 1 heterocycles. The Morgan fingerprint density at radius 1 is 1.22 bits per heavy atom. The van der Waals surface area contributed by atoms with Gasteiger partial charge in [-0.25, -0.2) is 0 Å². The second-order valence-corrected chi connectivity index (χ2v) is 4.29. The molecule has 1 aromatic carbocycles. The first kappa shape index (κ1) is 12.4. The fourth-order valence-electron chi connectivity index (χ4n) is 1.92. The molecule has 2 aromatic rings. The minimum Gasteiger partial charge on any atom is -0.496 e. The van der Waals surface area contributed by atoms with Gasteiger partial charge in [0.05, 0.1) is 18.5 Å². The lowest BCUT2D eigenvalue weighted by Crippen LogP contribution is -2.02. The number of hydrogen-bond donors (Lipinski definition) is 1. The maximum atomic E-state index is 5.25. The average molecular weight is 242 g/mol. The summed E-state index contributed by atoms with van der Waals surface area (Å²) in [5, 5.41) is 3.39. The molecule has 3 heteroatoms. The summed E-state index contributed by atoms with van der Waals surface area (Å²) < 4.78 is 5.25. The molecule has 1 N–H and O–H groups in total. The highest BCUT2D eigenvalue weighted by Crippen LogP contribution is 2.19. The van der Waals surface area contributed by atoms with Crippen molar-refractivity contribution in [2.45, 2.75) is 20.4 Å². The fourth-order valence-corrected chi connectivity index (χ4v) is 1.92. The average Bonchev–Trinajstić information content (AvgIpc) is 2.38. The normalized spacial score (nSPS) is 10.2. The second-order valence-electron chi connectivity index (χ2n) is 4.29. The predicted molar refractivity (Wildman–Crippen MR) is 74.0 cm³/mol. The van der Waals surface area contributed by atoms with Gasteiger partial charge in [0.1, 0.15) is 5.75 Å². The van der Waals surface area contributed by atoms with E-state index in [2.05, 4.69) is 29.4 Å². The third-order valence-corrected chi connectivity index (χ3v) is 2.95. The third kappa shape index (κ3) is 2.80. The quantitative estimate of drug-likeness (QED) is 0.893. The lowest BCUT2D eigenvalue weighted by atomic mass is 10.1. The molecule has 0 aliphatic heterocycles. The van der Waals surface area contributed by atoms with E-state index < -0.39 is 0 Å². The van der Waals surface area contributed by atoms with Crippen LogP contribution in [0.2, 0.25) is 0 Å². The van der Waals surface area contributed by atoms with Gasteiger partial charge in [0.25, 0.3) is 0 Å². The van der Waals surface area contributed by atoms with Crippen LogP contribution in [0.15, 0.2) is 36.5 Å². The van der Waals surface area contributed by atoms with Crippen LogP contribution < -0.4 is 10.1 Å².